The summed E-state index contributed by atoms with van der Waals surface area (Å²) in [6, 6.07) is 11.5. The van der Waals surface area contributed by atoms with Crippen molar-refractivity contribution in [1.29, 1.82) is 0 Å². The lowest BCUT2D eigenvalue weighted by molar-refractivity contribution is 0.624. The molecule has 0 aliphatic carbocycles. The van der Waals surface area contributed by atoms with Crippen molar-refractivity contribution in [3.05, 3.63) is 74.7 Å². The summed E-state index contributed by atoms with van der Waals surface area (Å²) in [6.45, 7) is 4.07. The van der Waals surface area contributed by atoms with E-state index in [-0.39, 0.29) is 16.8 Å². The van der Waals surface area contributed by atoms with Crippen LogP contribution in [0.25, 0.3) is 16.6 Å². The van der Waals surface area contributed by atoms with Crippen LogP contribution in [0.15, 0.2) is 52.1 Å². The zero-order chi connectivity index (χ0) is 16.7. The van der Waals surface area contributed by atoms with E-state index < -0.39 is 17.1 Å². The molecule has 2 aromatic carbocycles. The molecule has 4 nitrogen and oxygen atoms in total. The highest BCUT2D eigenvalue weighted by molar-refractivity contribution is 5.78. The van der Waals surface area contributed by atoms with Crippen LogP contribution in [0.3, 0.4) is 0 Å². The number of fused-ring (bicyclic) bond motifs is 1. The van der Waals surface area contributed by atoms with Crippen molar-refractivity contribution in [3.8, 4) is 5.69 Å². The van der Waals surface area contributed by atoms with Gasteiger partial charge in [0.15, 0.2) is 0 Å². The Morgan fingerprint density at radius 2 is 1.74 bits per heavy atom. The normalized spacial score (nSPS) is 11.3. The Hall–Kier alpha value is -2.69. The number of aryl methyl sites for hydroxylation is 1. The molecule has 0 aliphatic rings. The summed E-state index contributed by atoms with van der Waals surface area (Å²) in [4.78, 5) is 25.3. The van der Waals surface area contributed by atoms with Crippen molar-refractivity contribution in [2.75, 3.05) is 0 Å². The Morgan fingerprint density at radius 1 is 1.04 bits per heavy atom. The second-order valence-corrected chi connectivity index (χ2v) is 5.87. The standard InChI is InChI=1S/C18H17FN2O2/c1-11(2)12-6-4-7-13(10-12)21-17(22)14-8-5-9-15(19)16(14)20(3)18(21)23/h4-11H,1-3H3. The lowest BCUT2D eigenvalue weighted by Gasteiger charge is -2.13. The number of halogens is 1. The van der Waals surface area contributed by atoms with E-state index in [1.165, 1.54) is 29.8 Å². The summed E-state index contributed by atoms with van der Waals surface area (Å²) in [5.41, 5.74) is 0.472. The van der Waals surface area contributed by atoms with Crippen molar-refractivity contribution in [1.82, 2.24) is 9.13 Å². The molecular weight excluding hydrogens is 295 g/mol. The summed E-state index contributed by atoms with van der Waals surface area (Å²) < 4.78 is 16.3. The monoisotopic (exact) mass is 312 g/mol. The lowest BCUT2D eigenvalue weighted by atomic mass is 10.0. The van der Waals surface area contributed by atoms with Crippen LogP contribution >= 0.6 is 0 Å². The topological polar surface area (TPSA) is 44.0 Å². The molecule has 1 heterocycles. The fraction of sp³-hybridized carbons (Fsp3) is 0.222. The van der Waals surface area contributed by atoms with Gasteiger partial charge in [0, 0.05) is 7.05 Å². The average Bonchev–Trinajstić information content (AvgIpc) is 2.53. The first-order chi connectivity index (χ1) is 10.9. The number of hydrogen-bond donors (Lipinski definition) is 0. The van der Waals surface area contributed by atoms with Crippen LogP contribution in [-0.4, -0.2) is 9.13 Å². The van der Waals surface area contributed by atoms with E-state index in [4.69, 9.17) is 0 Å². The van der Waals surface area contributed by atoms with Crippen LogP contribution in [0, 0.1) is 5.82 Å². The molecule has 1 aromatic heterocycles. The summed E-state index contributed by atoms with van der Waals surface area (Å²) in [5.74, 6) is -0.310. The Labute approximate surface area is 132 Å². The second kappa shape index (κ2) is 5.50. The molecule has 0 unspecified atom stereocenters. The highest BCUT2D eigenvalue weighted by Gasteiger charge is 2.15. The molecule has 3 aromatic rings. The van der Waals surface area contributed by atoms with Gasteiger partial charge in [0.25, 0.3) is 5.56 Å². The number of rotatable bonds is 2. The minimum Gasteiger partial charge on any atom is -0.293 e. The molecular formula is C18H17FN2O2. The zero-order valence-corrected chi connectivity index (χ0v) is 13.2. The fourth-order valence-corrected chi connectivity index (χ4v) is 2.73. The molecule has 3 rings (SSSR count). The van der Waals surface area contributed by atoms with Crippen molar-refractivity contribution in [3.63, 3.8) is 0 Å². The molecule has 5 heteroatoms. The van der Waals surface area contributed by atoms with E-state index in [0.29, 0.717) is 5.69 Å². The average molecular weight is 312 g/mol. The summed E-state index contributed by atoms with van der Waals surface area (Å²) in [6.07, 6.45) is 0. The highest BCUT2D eigenvalue weighted by atomic mass is 19.1. The van der Waals surface area contributed by atoms with Gasteiger partial charge >= 0.3 is 5.69 Å². The Morgan fingerprint density at radius 3 is 2.43 bits per heavy atom. The Kier molecular flexibility index (Phi) is 3.64. The van der Waals surface area contributed by atoms with Crippen LogP contribution in [0.4, 0.5) is 4.39 Å². The van der Waals surface area contributed by atoms with Crippen LogP contribution in [0.2, 0.25) is 0 Å². The van der Waals surface area contributed by atoms with Gasteiger partial charge in [-0.05, 0) is 35.7 Å². The molecule has 0 fully saturated rings. The van der Waals surface area contributed by atoms with Crippen LogP contribution in [-0.2, 0) is 7.05 Å². The van der Waals surface area contributed by atoms with E-state index in [1.54, 1.807) is 6.07 Å². The minimum absolute atomic E-state index is 0.0266. The van der Waals surface area contributed by atoms with Gasteiger partial charge in [0.1, 0.15) is 5.82 Å². The molecule has 23 heavy (non-hydrogen) atoms. The Bertz CT molecular complexity index is 1020. The van der Waals surface area contributed by atoms with E-state index in [2.05, 4.69) is 0 Å². The summed E-state index contributed by atoms with van der Waals surface area (Å²) >= 11 is 0. The maximum Gasteiger partial charge on any atom is 0.335 e. The van der Waals surface area contributed by atoms with Gasteiger partial charge in [-0.1, -0.05) is 32.0 Å². The van der Waals surface area contributed by atoms with Crippen molar-refractivity contribution >= 4 is 10.9 Å². The van der Waals surface area contributed by atoms with Gasteiger partial charge < -0.3 is 0 Å². The Balaban J connectivity index is 2.42. The van der Waals surface area contributed by atoms with Gasteiger partial charge in [-0.15, -0.1) is 0 Å². The van der Waals surface area contributed by atoms with Crippen molar-refractivity contribution < 1.29 is 4.39 Å². The molecule has 0 saturated carbocycles. The van der Waals surface area contributed by atoms with Crippen LogP contribution < -0.4 is 11.2 Å². The van der Waals surface area contributed by atoms with E-state index in [1.807, 2.05) is 32.0 Å². The number of hydrogen-bond acceptors (Lipinski definition) is 2. The quantitative estimate of drug-likeness (QED) is 0.730. The molecule has 118 valence electrons. The number of benzene rings is 2. The first-order valence-electron chi connectivity index (χ1n) is 7.42. The zero-order valence-electron chi connectivity index (χ0n) is 13.2. The van der Waals surface area contributed by atoms with E-state index in [0.717, 1.165) is 10.1 Å². The summed E-state index contributed by atoms with van der Waals surface area (Å²) in [5, 5.41) is 0.182. The van der Waals surface area contributed by atoms with Gasteiger partial charge in [-0.3, -0.25) is 9.36 Å². The van der Waals surface area contributed by atoms with E-state index >= 15 is 0 Å². The van der Waals surface area contributed by atoms with Crippen LogP contribution in [0.1, 0.15) is 25.3 Å². The molecule has 0 amide bonds. The predicted molar refractivity (Wildman–Crippen MR) is 88.8 cm³/mol. The molecule has 0 saturated heterocycles. The molecule has 0 N–H and O–H groups in total. The molecule has 0 radical (unpaired) electrons. The van der Waals surface area contributed by atoms with Crippen molar-refractivity contribution in [2.24, 2.45) is 7.05 Å². The van der Waals surface area contributed by atoms with E-state index in [9.17, 15) is 14.0 Å². The first-order valence-corrected chi connectivity index (χ1v) is 7.42. The largest absolute Gasteiger partial charge is 0.335 e. The summed E-state index contributed by atoms with van der Waals surface area (Å²) in [7, 11) is 1.47. The maximum absolute atomic E-state index is 14.0. The smallest absolute Gasteiger partial charge is 0.293 e. The SMILES string of the molecule is CC(C)c1cccc(-n2c(=O)c3cccc(F)c3n(C)c2=O)c1. The van der Waals surface area contributed by atoms with Gasteiger partial charge in [-0.2, -0.15) is 0 Å². The third kappa shape index (κ3) is 2.38. The second-order valence-electron chi connectivity index (χ2n) is 5.87. The number of aromatic nitrogens is 2. The molecule has 0 atom stereocenters. The highest BCUT2D eigenvalue weighted by Crippen LogP contribution is 2.18. The van der Waals surface area contributed by atoms with Gasteiger partial charge in [0.05, 0.1) is 16.6 Å². The third-order valence-electron chi connectivity index (χ3n) is 4.03. The molecule has 0 spiro atoms. The van der Waals surface area contributed by atoms with Crippen molar-refractivity contribution in [2.45, 2.75) is 19.8 Å². The number of para-hydroxylation sites is 1. The maximum atomic E-state index is 14.0. The predicted octanol–water partition coefficient (Wildman–Crippen LogP) is 2.95. The number of nitrogens with zero attached hydrogens (tertiary/aromatic N) is 2. The third-order valence-corrected chi connectivity index (χ3v) is 4.03. The van der Waals surface area contributed by atoms with Gasteiger partial charge in [-0.25, -0.2) is 13.8 Å². The molecule has 0 aliphatic heterocycles. The van der Waals surface area contributed by atoms with Crippen LogP contribution in [0.5, 0.6) is 0 Å². The lowest BCUT2D eigenvalue weighted by Crippen LogP contribution is -2.38. The molecule has 0 bridgehead atoms. The fourth-order valence-electron chi connectivity index (χ4n) is 2.73. The minimum atomic E-state index is -0.581. The van der Waals surface area contributed by atoms with Gasteiger partial charge in [0.2, 0.25) is 0 Å². The first kappa shape index (κ1) is 15.2.